The van der Waals surface area contributed by atoms with Crippen LogP contribution in [-0.4, -0.2) is 37.6 Å². The summed E-state index contributed by atoms with van der Waals surface area (Å²) < 4.78 is 49.6. The molecule has 4 rings (SSSR count). The van der Waals surface area contributed by atoms with Gasteiger partial charge >= 0.3 is 6.18 Å². The fraction of sp³-hybridized carbons (Fsp3) is 0.194. The molecule has 1 aromatic heterocycles. The summed E-state index contributed by atoms with van der Waals surface area (Å²) in [5.74, 6) is -1.45. The number of hydrogen-bond donors (Lipinski definition) is 1. The lowest BCUT2D eigenvalue weighted by atomic mass is 9.95. The van der Waals surface area contributed by atoms with E-state index in [1.807, 2.05) is 0 Å². The Morgan fingerprint density at radius 2 is 1.61 bits per heavy atom. The summed E-state index contributed by atoms with van der Waals surface area (Å²) in [5, 5.41) is 2.80. The monoisotopic (exact) mass is 563 g/mol. The van der Waals surface area contributed by atoms with Crippen molar-refractivity contribution in [2.45, 2.75) is 18.5 Å². The minimum Gasteiger partial charge on any atom is -0.493 e. The molecule has 41 heavy (non-hydrogen) atoms. The van der Waals surface area contributed by atoms with Gasteiger partial charge < -0.3 is 19.7 Å². The maximum Gasteiger partial charge on any atom is 0.416 e. The number of anilines is 2. The highest BCUT2D eigenvalue weighted by atomic mass is 19.4. The van der Waals surface area contributed by atoms with Crippen molar-refractivity contribution in [3.63, 3.8) is 0 Å². The lowest BCUT2D eigenvalue weighted by molar-refractivity contribution is -0.137. The van der Waals surface area contributed by atoms with E-state index >= 15 is 0 Å². The Kier molecular flexibility index (Phi) is 9.23. The van der Waals surface area contributed by atoms with Crippen LogP contribution in [0.25, 0.3) is 0 Å². The highest BCUT2D eigenvalue weighted by Gasteiger charge is 2.34. The number of hydrogen-bond acceptors (Lipinski definition) is 5. The van der Waals surface area contributed by atoms with Crippen LogP contribution in [0, 0.1) is 0 Å². The van der Waals surface area contributed by atoms with Gasteiger partial charge in [-0.05, 0) is 53.9 Å². The zero-order valence-electron chi connectivity index (χ0n) is 22.4. The van der Waals surface area contributed by atoms with Crippen molar-refractivity contribution in [2.24, 2.45) is 0 Å². The summed E-state index contributed by atoms with van der Waals surface area (Å²) in [5.41, 5.74) is 1.17. The number of halogens is 3. The molecule has 0 aliphatic heterocycles. The van der Waals surface area contributed by atoms with Crippen LogP contribution in [0.2, 0.25) is 0 Å². The highest BCUT2D eigenvalue weighted by molar-refractivity contribution is 6.16. The van der Waals surface area contributed by atoms with E-state index < -0.39 is 29.5 Å². The van der Waals surface area contributed by atoms with Gasteiger partial charge in [0.05, 0.1) is 31.7 Å². The first-order valence-corrected chi connectivity index (χ1v) is 12.7. The Morgan fingerprint density at radius 1 is 0.902 bits per heavy atom. The van der Waals surface area contributed by atoms with Crippen LogP contribution < -0.4 is 19.7 Å². The van der Waals surface area contributed by atoms with Crippen LogP contribution in [0.4, 0.5) is 24.5 Å². The molecule has 0 aliphatic rings. The lowest BCUT2D eigenvalue weighted by Crippen LogP contribution is -2.41. The van der Waals surface area contributed by atoms with Crippen molar-refractivity contribution in [2.75, 3.05) is 31.0 Å². The molecule has 0 fully saturated rings. The number of aromatic nitrogens is 1. The van der Waals surface area contributed by atoms with Gasteiger partial charge in [-0.15, -0.1) is 0 Å². The minimum atomic E-state index is -4.44. The molecule has 1 unspecified atom stereocenters. The van der Waals surface area contributed by atoms with E-state index in [1.165, 1.54) is 37.4 Å². The second-order valence-electron chi connectivity index (χ2n) is 9.05. The predicted octanol–water partition coefficient (Wildman–Crippen LogP) is 6.12. The molecule has 0 spiro atoms. The number of nitrogens with one attached hydrogen (secondary N) is 1. The number of alkyl halides is 3. The van der Waals surface area contributed by atoms with Gasteiger partial charge in [0.2, 0.25) is 11.8 Å². The molecule has 4 aromatic rings. The number of amides is 2. The Bertz CT molecular complexity index is 1460. The van der Waals surface area contributed by atoms with Gasteiger partial charge in [-0.2, -0.15) is 13.2 Å². The molecule has 7 nitrogen and oxygen atoms in total. The zero-order valence-corrected chi connectivity index (χ0v) is 22.4. The average molecular weight is 564 g/mol. The van der Waals surface area contributed by atoms with Gasteiger partial charge in [0.25, 0.3) is 0 Å². The molecule has 10 heteroatoms. The fourth-order valence-corrected chi connectivity index (χ4v) is 4.32. The number of methoxy groups -OCH3 is 2. The minimum absolute atomic E-state index is 0.100. The Morgan fingerprint density at radius 3 is 2.22 bits per heavy atom. The highest BCUT2D eigenvalue weighted by Crippen LogP contribution is 2.32. The number of carbonyl (C=O) groups is 2. The van der Waals surface area contributed by atoms with Crippen molar-refractivity contribution in [3.05, 3.63) is 114 Å². The van der Waals surface area contributed by atoms with Gasteiger partial charge in [0.15, 0.2) is 11.5 Å². The van der Waals surface area contributed by atoms with Crippen molar-refractivity contribution in [1.82, 2.24) is 4.98 Å². The average Bonchev–Trinajstić information content (AvgIpc) is 2.98. The van der Waals surface area contributed by atoms with Crippen LogP contribution in [0.3, 0.4) is 0 Å². The number of carbonyl (C=O) groups excluding carboxylic acids is 2. The van der Waals surface area contributed by atoms with Crippen LogP contribution >= 0.6 is 0 Å². The summed E-state index contributed by atoms with van der Waals surface area (Å²) in [6.45, 7) is 0.100. The fourth-order valence-electron chi connectivity index (χ4n) is 4.32. The van der Waals surface area contributed by atoms with Gasteiger partial charge in [-0.3, -0.25) is 14.6 Å². The normalized spacial score (nSPS) is 11.8. The molecule has 1 atom stereocenters. The quantitative estimate of drug-likeness (QED) is 0.235. The predicted molar refractivity (Wildman–Crippen MR) is 149 cm³/mol. The Balaban J connectivity index is 1.64. The van der Waals surface area contributed by atoms with Crippen molar-refractivity contribution in [1.29, 1.82) is 0 Å². The van der Waals surface area contributed by atoms with Crippen LogP contribution in [0.5, 0.6) is 11.5 Å². The summed E-state index contributed by atoms with van der Waals surface area (Å²) in [6.07, 6.45) is -1.14. The number of pyridine rings is 1. The van der Waals surface area contributed by atoms with Crippen molar-refractivity contribution < 1.29 is 32.2 Å². The smallest absolute Gasteiger partial charge is 0.416 e. The Hall–Kier alpha value is -4.86. The number of ether oxygens (including phenoxy) is 2. The first-order chi connectivity index (χ1) is 19.7. The summed E-state index contributed by atoms with van der Waals surface area (Å²) in [4.78, 5) is 33.4. The summed E-state index contributed by atoms with van der Waals surface area (Å²) >= 11 is 0. The maximum absolute atomic E-state index is 14.2. The van der Waals surface area contributed by atoms with Gasteiger partial charge in [-0.1, -0.05) is 42.5 Å². The molecule has 1 N–H and O–H groups in total. The molecule has 212 valence electrons. The third-order valence-electron chi connectivity index (χ3n) is 6.42. The van der Waals surface area contributed by atoms with Crippen LogP contribution in [-0.2, 0) is 22.2 Å². The molecule has 1 heterocycles. The summed E-state index contributed by atoms with van der Waals surface area (Å²) in [6, 6.07) is 21.6. The van der Waals surface area contributed by atoms with Gasteiger partial charge in [0.1, 0.15) is 5.92 Å². The summed E-state index contributed by atoms with van der Waals surface area (Å²) in [7, 11) is 2.97. The molecular weight excluding hydrogens is 535 g/mol. The Labute approximate surface area is 235 Å². The third kappa shape index (κ3) is 7.21. The van der Waals surface area contributed by atoms with E-state index in [4.69, 9.17) is 9.47 Å². The molecule has 0 bridgehead atoms. The molecular formula is C31H28F3N3O4. The van der Waals surface area contributed by atoms with E-state index in [0.29, 0.717) is 34.0 Å². The van der Waals surface area contributed by atoms with E-state index in [0.717, 1.165) is 12.1 Å². The lowest BCUT2D eigenvalue weighted by Gasteiger charge is -2.27. The molecule has 0 saturated heterocycles. The topological polar surface area (TPSA) is 80.8 Å². The molecule has 0 radical (unpaired) electrons. The van der Waals surface area contributed by atoms with E-state index in [9.17, 15) is 22.8 Å². The first kappa shape index (κ1) is 29.1. The standard InChI is InChI=1S/C31H28F3N3O4/c1-40-26-15-14-24(19-27(26)41-2)36-29(38)28(22-7-4-3-5-8-22)30(39)37(25-9-6-17-35-20-25)18-16-21-10-12-23(13-11-21)31(32,33)34/h3-15,17,19-20,28H,16,18H2,1-2H3,(H,36,38). The van der Waals surface area contributed by atoms with Gasteiger partial charge in [-0.25, -0.2) is 0 Å². The maximum atomic E-state index is 14.2. The second kappa shape index (κ2) is 13.0. The second-order valence-corrected chi connectivity index (χ2v) is 9.05. The number of nitrogens with zero attached hydrogens (tertiary/aromatic N) is 2. The molecule has 2 amide bonds. The van der Waals surface area contributed by atoms with Crippen molar-refractivity contribution >= 4 is 23.2 Å². The molecule has 3 aromatic carbocycles. The van der Waals surface area contributed by atoms with Crippen LogP contribution in [0.15, 0.2) is 97.3 Å². The van der Waals surface area contributed by atoms with Crippen molar-refractivity contribution in [3.8, 4) is 11.5 Å². The zero-order chi connectivity index (χ0) is 29.4. The molecule has 0 saturated carbocycles. The van der Waals surface area contributed by atoms with Gasteiger partial charge in [0, 0.05) is 24.5 Å². The first-order valence-electron chi connectivity index (χ1n) is 12.7. The largest absolute Gasteiger partial charge is 0.493 e. The number of rotatable bonds is 10. The third-order valence-corrected chi connectivity index (χ3v) is 6.42. The number of benzene rings is 3. The molecule has 0 aliphatic carbocycles. The van der Waals surface area contributed by atoms with Crippen LogP contribution in [0.1, 0.15) is 22.6 Å². The van der Waals surface area contributed by atoms with E-state index in [-0.39, 0.29) is 13.0 Å². The van der Waals surface area contributed by atoms with E-state index in [2.05, 4.69) is 10.3 Å². The SMILES string of the molecule is COc1ccc(NC(=O)C(C(=O)N(CCc2ccc(C(F)(F)F)cc2)c2cccnc2)c2ccccc2)cc1OC. The van der Waals surface area contributed by atoms with E-state index in [1.54, 1.807) is 66.9 Å².